The van der Waals surface area contributed by atoms with Gasteiger partial charge in [-0.2, -0.15) is 0 Å². The van der Waals surface area contributed by atoms with Gasteiger partial charge < -0.3 is 4.74 Å². The maximum atomic E-state index is 12.6. The van der Waals surface area contributed by atoms with E-state index < -0.39 is 0 Å². The van der Waals surface area contributed by atoms with Gasteiger partial charge in [-0.15, -0.1) is 0 Å². The first-order valence-electron chi connectivity index (χ1n) is 9.00. The number of Topliss-reactive ketones (excluding diaryl/α,β-unsaturated/α-hetero) is 2. The van der Waals surface area contributed by atoms with Crippen molar-refractivity contribution in [1.82, 2.24) is 0 Å². The zero-order valence-electron chi connectivity index (χ0n) is 14.1. The van der Waals surface area contributed by atoms with Crippen LogP contribution in [0.15, 0.2) is 23.5 Å². The van der Waals surface area contributed by atoms with E-state index in [1.165, 1.54) is 11.1 Å². The number of fused-ring (bicyclic) bond motifs is 5. The average Bonchev–Trinajstić information content (AvgIpc) is 2.82. The van der Waals surface area contributed by atoms with Crippen LogP contribution in [0.1, 0.15) is 51.9 Å². The largest absolute Gasteiger partial charge is 0.504 e. The average molecular weight is 314 g/mol. The van der Waals surface area contributed by atoms with E-state index >= 15 is 0 Å². The Morgan fingerprint density at radius 2 is 2.09 bits per heavy atom. The van der Waals surface area contributed by atoms with Crippen molar-refractivity contribution in [3.8, 4) is 0 Å². The smallest absolute Gasteiger partial charge is 0.139 e. The molecule has 0 aromatic heterocycles. The van der Waals surface area contributed by atoms with Gasteiger partial charge >= 0.3 is 0 Å². The summed E-state index contributed by atoms with van der Waals surface area (Å²) < 4.78 is 5.40. The van der Waals surface area contributed by atoms with Gasteiger partial charge in [-0.3, -0.25) is 9.59 Å². The van der Waals surface area contributed by atoms with Crippen LogP contribution in [0.2, 0.25) is 0 Å². The van der Waals surface area contributed by atoms with Crippen molar-refractivity contribution in [2.24, 2.45) is 29.1 Å². The lowest BCUT2D eigenvalue weighted by atomic mass is 9.51. The van der Waals surface area contributed by atoms with E-state index in [0.29, 0.717) is 48.1 Å². The van der Waals surface area contributed by atoms with Crippen molar-refractivity contribution in [2.45, 2.75) is 51.9 Å². The maximum Gasteiger partial charge on any atom is 0.139 e. The number of ether oxygens (including phenoxy) is 1. The van der Waals surface area contributed by atoms with E-state index in [0.717, 1.165) is 32.1 Å². The summed E-state index contributed by atoms with van der Waals surface area (Å²) in [6.45, 7) is 2.18. The van der Waals surface area contributed by atoms with Crippen molar-refractivity contribution < 1.29 is 14.3 Å². The van der Waals surface area contributed by atoms with Crippen LogP contribution in [0.5, 0.6) is 0 Å². The Morgan fingerprint density at radius 1 is 1.26 bits per heavy atom. The molecule has 3 fully saturated rings. The number of hydrogen-bond donors (Lipinski definition) is 0. The van der Waals surface area contributed by atoms with Gasteiger partial charge in [0.2, 0.25) is 0 Å². The third-order valence-electron chi connectivity index (χ3n) is 7.08. The van der Waals surface area contributed by atoms with Gasteiger partial charge in [0.25, 0.3) is 0 Å². The van der Waals surface area contributed by atoms with Crippen LogP contribution >= 0.6 is 0 Å². The molecule has 3 nitrogen and oxygen atoms in total. The fourth-order valence-electron chi connectivity index (χ4n) is 6.09. The third-order valence-corrected chi connectivity index (χ3v) is 7.08. The number of carbonyl (C=O) groups is 2. The molecule has 0 radical (unpaired) electrons. The Kier molecular flexibility index (Phi) is 3.51. The fourth-order valence-corrected chi connectivity index (χ4v) is 6.09. The summed E-state index contributed by atoms with van der Waals surface area (Å²) in [6, 6.07) is 0. The molecule has 3 heteroatoms. The molecule has 0 aliphatic heterocycles. The Morgan fingerprint density at radius 3 is 2.87 bits per heavy atom. The van der Waals surface area contributed by atoms with E-state index in [4.69, 9.17) is 4.74 Å². The number of allylic oxidation sites excluding steroid dienone is 3. The Balaban J connectivity index is 1.75. The van der Waals surface area contributed by atoms with Crippen LogP contribution in [0.25, 0.3) is 0 Å². The number of methoxy groups -OCH3 is 1. The zero-order valence-corrected chi connectivity index (χ0v) is 14.1. The molecule has 3 saturated carbocycles. The predicted octanol–water partition coefficient (Wildman–Crippen LogP) is 3.84. The van der Waals surface area contributed by atoms with E-state index in [2.05, 4.69) is 13.0 Å². The Bertz CT molecular complexity index is 614. The van der Waals surface area contributed by atoms with E-state index in [-0.39, 0.29) is 5.41 Å². The van der Waals surface area contributed by atoms with Crippen molar-refractivity contribution >= 4 is 11.6 Å². The van der Waals surface area contributed by atoms with Crippen molar-refractivity contribution in [1.29, 1.82) is 0 Å². The quantitative estimate of drug-likeness (QED) is 0.545. The van der Waals surface area contributed by atoms with Gasteiger partial charge in [0.1, 0.15) is 11.6 Å². The molecular weight excluding hydrogens is 288 g/mol. The SMILES string of the molecule is COC=C1C[C@]2(C)C(=O)CC[C@H]2[C@@H]2CC=C3CC(=O)CC[C@@H]3[C@@H]12. The van der Waals surface area contributed by atoms with Crippen molar-refractivity contribution in [3.05, 3.63) is 23.5 Å². The summed E-state index contributed by atoms with van der Waals surface area (Å²) in [4.78, 5) is 24.4. The highest BCUT2D eigenvalue weighted by atomic mass is 16.5. The Labute approximate surface area is 138 Å². The van der Waals surface area contributed by atoms with Crippen LogP contribution in [0, 0.1) is 29.1 Å². The van der Waals surface area contributed by atoms with Crippen LogP contribution < -0.4 is 0 Å². The summed E-state index contributed by atoms with van der Waals surface area (Å²) in [5.74, 6) is 2.85. The van der Waals surface area contributed by atoms with Gasteiger partial charge in [-0.25, -0.2) is 0 Å². The highest BCUT2D eigenvalue weighted by Gasteiger charge is 2.57. The number of ketones is 2. The van der Waals surface area contributed by atoms with E-state index in [1.807, 2.05) is 6.26 Å². The molecule has 0 spiro atoms. The van der Waals surface area contributed by atoms with Crippen LogP contribution in [-0.2, 0) is 14.3 Å². The molecule has 124 valence electrons. The number of carbonyl (C=O) groups excluding carboxylic acids is 2. The van der Waals surface area contributed by atoms with Crippen LogP contribution in [0.4, 0.5) is 0 Å². The maximum absolute atomic E-state index is 12.6. The van der Waals surface area contributed by atoms with Gasteiger partial charge in [0.15, 0.2) is 0 Å². The highest BCUT2D eigenvalue weighted by Crippen LogP contribution is 2.61. The minimum Gasteiger partial charge on any atom is -0.504 e. The molecule has 0 amide bonds. The summed E-state index contributed by atoms with van der Waals surface area (Å²) in [7, 11) is 1.71. The zero-order chi connectivity index (χ0) is 16.2. The molecule has 4 aliphatic carbocycles. The lowest BCUT2D eigenvalue weighted by molar-refractivity contribution is -0.128. The van der Waals surface area contributed by atoms with Crippen LogP contribution in [0.3, 0.4) is 0 Å². The van der Waals surface area contributed by atoms with Gasteiger partial charge in [-0.05, 0) is 54.9 Å². The molecule has 0 aromatic carbocycles. The molecule has 23 heavy (non-hydrogen) atoms. The van der Waals surface area contributed by atoms with E-state index in [1.54, 1.807) is 7.11 Å². The minimum absolute atomic E-state index is 0.193. The standard InChI is InChI=1S/C20H26O3/c1-20-10-13(11-23-2)19-15-6-4-14(21)9-12(15)3-5-16(19)17(20)7-8-18(20)22/h3,11,15-17,19H,4-10H2,1-2H3/t15-,16-,17-,19+,20-/m0/s1. The second kappa shape index (κ2) is 5.32. The third kappa shape index (κ3) is 2.15. The summed E-state index contributed by atoms with van der Waals surface area (Å²) in [5.41, 5.74) is 2.48. The molecule has 0 aromatic rings. The fraction of sp³-hybridized carbons (Fsp3) is 0.700. The molecule has 4 rings (SSSR count). The molecule has 4 aliphatic rings. The minimum atomic E-state index is -0.193. The molecule has 0 N–H and O–H groups in total. The second-order valence-electron chi connectivity index (χ2n) is 8.16. The van der Waals surface area contributed by atoms with Gasteiger partial charge in [-0.1, -0.05) is 18.6 Å². The first kappa shape index (κ1) is 15.2. The first-order chi connectivity index (χ1) is 11.0. The molecule has 0 saturated heterocycles. The summed E-state index contributed by atoms with van der Waals surface area (Å²) in [6.07, 6.45) is 10.2. The highest BCUT2D eigenvalue weighted by molar-refractivity contribution is 5.87. The molecule has 5 atom stereocenters. The molecule has 0 bridgehead atoms. The van der Waals surface area contributed by atoms with Gasteiger partial charge in [0, 0.05) is 24.7 Å². The second-order valence-corrected chi connectivity index (χ2v) is 8.16. The van der Waals surface area contributed by atoms with E-state index in [9.17, 15) is 9.59 Å². The lowest BCUT2D eigenvalue weighted by Gasteiger charge is -2.52. The summed E-state index contributed by atoms with van der Waals surface area (Å²) >= 11 is 0. The lowest BCUT2D eigenvalue weighted by Crippen LogP contribution is -2.47. The summed E-state index contributed by atoms with van der Waals surface area (Å²) in [5, 5.41) is 0. The van der Waals surface area contributed by atoms with Crippen LogP contribution in [-0.4, -0.2) is 18.7 Å². The topological polar surface area (TPSA) is 43.4 Å². The van der Waals surface area contributed by atoms with Crippen molar-refractivity contribution in [3.63, 3.8) is 0 Å². The molecule has 0 unspecified atom stereocenters. The van der Waals surface area contributed by atoms with Crippen molar-refractivity contribution in [2.75, 3.05) is 7.11 Å². The van der Waals surface area contributed by atoms with Gasteiger partial charge in [0.05, 0.1) is 13.4 Å². The molecule has 0 heterocycles. The first-order valence-corrected chi connectivity index (χ1v) is 9.00. The predicted molar refractivity (Wildman–Crippen MR) is 87.6 cm³/mol. The Hall–Kier alpha value is -1.38. The normalized spacial score (nSPS) is 44.4. The molecular formula is C20H26O3. The number of hydrogen-bond acceptors (Lipinski definition) is 3. The monoisotopic (exact) mass is 314 g/mol. The number of rotatable bonds is 1.